The van der Waals surface area contributed by atoms with Crippen molar-refractivity contribution in [2.24, 2.45) is 10.4 Å². The van der Waals surface area contributed by atoms with Crippen LogP contribution in [0.1, 0.15) is 43.8 Å². The van der Waals surface area contributed by atoms with Gasteiger partial charge in [-0.3, -0.25) is 14.6 Å². The van der Waals surface area contributed by atoms with Crippen molar-refractivity contribution >= 4 is 35.3 Å². The van der Waals surface area contributed by atoms with Gasteiger partial charge in [0.1, 0.15) is 17.5 Å². The highest BCUT2D eigenvalue weighted by molar-refractivity contribution is 6.40. The number of nitrogen functional groups attached to an aromatic ring is 1. The maximum atomic E-state index is 15.4. The van der Waals surface area contributed by atoms with E-state index >= 15 is 4.39 Å². The zero-order chi connectivity index (χ0) is 27.8. The third kappa shape index (κ3) is 3.72. The van der Waals surface area contributed by atoms with Crippen LogP contribution in [0.3, 0.4) is 0 Å². The van der Waals surface area contributed by atoms with Crippen molar-refractivity contribution < 1.29 is 18.4 Å². The van der Waals surface area contributed by atoms with Gasteiger partial charge in [-0.05, 0) is 47.8 Å². The van der Waals surface area contributed by atoms with Crippen molar-refractivity contribution in [1.29, 1.82) is 0 Å². The smallest absolute Gasteiger partial charge is 0.224 e. The number of aromatic amines is 1. The molecule has 2 atom stereocenters. The van der Waals surface area contributed by atoms with Crippen LogP contribution in [-0.2, 0) is 9.59 Å². The van der Waals surface area contributed by atoms with Crippen molar-refractivity contribution in [1.82, 2.24) is 19.9 Å². The van der Waals surface area contributed by atoms with E-state index in [4.69, 9.17) is 17.3 Å². The molecule has 3 aliphatic heterocycles. The number of allylic oxidation sites excluding steroid dienone is 6. The van der Waals surface area contributed by atoms with Gasteiger partial charge in [0, 0.05) is 36.2 Å². The highest BCUT2D eigenvalue weighted by Crippen LogP contribution is 2.57. The Morgan fingerprint density at radius 1 is 1.15 bits per heavy atom. The van der Waals surface area contributed by atoms with Gasteiger partial charge >= 0.3 is 0 Å². The van der Waals surface area contributed by atoms with Gasteiger partial charge in [0.25, 0.3) is 0 Å². The molecule has 1 amide bonds. The van der Waals surface area contributed by atoms with Gasteiger partial charge in [0.2, 0.25) is 11.9 Å². The molecule has 5 heterocycles. The number of carbonyl (C=O) groups excluding carboxylic acids is 2. The number of aromatic nitrogens is 3. The van der Waals surface area contributed by atoms with E-state index < -0.39 is 23.5 Å². The summed E-state index contributed by atoms with van der Waals surface area (Å²) in [6.07, 6.45) is 9.57. The number of nitrogens with zero attached hydrogens (tertiary/aromatic N) is 4. The molecule has 1 spiro atoms. The van der Waals surface area contributed by atoms with Crippen LogP contribution in [0, 0.1) is 11.4 Å². The van der Waals surface area contributed by atoms with Crippen LogP contribution in [0.15, 0.2) is 68.6 Å². The molecule has 11 heteroatoms. The molecule has 7 rings (SSSR count). The van der Waals surface area contributed by atoms with E-state index in [1.165, 1.54) is 30.6 Å². The number of nitrogens with two attached hydrogens (primary N) is 1. The second-order valence-electron chi connectivity index (χ2n) is 11.1. The molecule has 3 N–H and O–H groups in total. The third-order valence-electron chi connectivity index (χ3n) is 8.86. The summed E-state index contributed by atoms with van der Waals surface area (Å²) in [7, 11) is 0. The average Bonchev–Trinajstić information content (AvgIpc) is 3.62. The Morgan fingerprint density at radius 3 is 2.73 bits per heavy atom. The maximum absolute atomic E-state index is 15.4. The van der Waals surface area contributed by atoms with Crippen LogP contribution in [0.2, 0.25) is 0 Å². The summed E-state index contributed by atoms with van der Waals surface area (Å²) in [6, 6.07) is 2.79. The monoisotopic (exact) mass is 562 g/mol. The summed E-state index contributed by atoms with van der Waals surface area (Å²) < 4.78 is 30.0. The van der Waals surface area contributed by atoms with Crippen molar-refractivity contribution in [3.8, 4) is 11.3 Å². The largest absolute Gasteiger partial charge is 0.384 e. The van der Waals surface area contributed by atoms with Crippen molar-refractivity contribution in [3.63, 3.8) is 0 Å². The van der Waals surface area contributed by atoms with E-state index in [0.717, 1.165) is 37.3 Å². The highest BCUT2D eigenvalue weighted by Gasteiger charge is 2.57. The standard InChI is InChI=1S/C29H25ClF2N6O2/c30-19-11-34-10-17-24(16-7-14(39)8-20(31)25(16)19)18(13-38-23(40)9-29(26(17)38)5-1-2-6-29)28-35-12-21(36-28)15-3-4-22(33)37-27(15)32/h3-4,7-8,11-12,18,26H,1-2,5-6,9-10,13H2,(H2,33,37)(H,35,36)/t18?,26-/m1/s1. The van der Waals surface area contributed by atoms with Gasteiger partial charge in [-0.1, -0.05) is 24.4 Å². The first-order valence-corrected chi connectivity index (χ1v) is 13.7. The Bertz CT molecular complexity index is 1640. The van der Waals surface area contributed by atoms with Crippen LogP contribution in [-0.4, -0.2) is 56.9 Å². The Kier molecular flexibility index (Phi) is 5.68. The number of halogens is 3. The number of hydrogen-bond donors (Lipinski definition) is 2. The van der Waals surface area contributed by atoms with Crippen LogP contribution in [0.4, 0.5) is 14.6 Å². The molecular formula is C29H25ClF2N6O2. The maximum Gasteiger partial charge on any atom is 0.224 e. The quantitative estimate of drug-likeness (QED) is 0.515. The first kappa shape index (κ1) is 25.1. The number of H-pyrrole nitrogens is 1. The molecule has 5 aliphatic rings. The summed E-state index contributed by atoms with van der Waals surface area (Å²) in [6.45, 7) is 0.511. The van der Waals surface area contributed by atoms with Gasteiger partial charge in [-0.2, -0.15) is 4.39 Å². The predicted molar refractivity (Wildman–Crippen MR) is 145 cm³/mol. The zero-order valence-electron chi connectivity index (χ0n) is 21.4. The number of anilines is 1. The molecule has 2 aliphatic carbocycles. The Morgan fingerprint density at radius 2 is 1.95 bits per heavy atom. The van der Waals surface area contributed by atoms with Crippen molar-refractivity contribution in [3.05, 3.63) is 75.4 Å². The number of ketones is 1. The minimum absolute atomic E-state index is 0.0535. The van der Waals surface area contributed by atoms with Crippen LogP contribution in [0.25, 0.3) is 11.3 Å². The molecule has 204 valence electrons. The summed E-state index contributed by atoms with van der Waals surface area (Å²) in [5.41, 5.74) is 8.00. The van der Waals surface area contributed by atoms with Crippen molar-refractivity contribution in [2.45, 2.75) is 44.1 Å². The zero-order valence-corrected chi connectivity index (χ0v) is 22.1. The van der Waals surface area contributed by atoms with Crippen molar-refractivity contribution in [2.75, 3.05) is 18.8 Å². The molecule has 40 heavy (non-hydrogen) atoms. The fourth-order valence-corrected chi connectivity index (χ4v) is 7.57. The summed E-state index contributed by atoms with van der Waals surface area (Å²) >= 11 is 6.53. The molecule has 8 nitrogen and oxygen atoms in total. The second kappa shape index (κ2) is 9.05. The topological polar surface area (TPSA) is 117 Å². The molecule has 2 aromatic rings. The van der Waals surface area contributed by atoms with Gasteiger partial charge in [0.15, 0.2) is 5.78 Å². The number of rotatable bonds is 2. The molecule has 1 saturated carbocycles. The normalized spacial score (nSPS) is 25.5. The van der Waals surface area contributed by atoms with Crippen LogP contribution >= 0.6 is 11.6 Å². The number of nitrogens with one attached hydrogen (secondary N) is 1. The lowest BCUT2D eigenvalue weighted by molar-refractivity contribution is -0.129. The van der Waals surface area contributed by atoms with E-state index in [-0.39, 0.29) is 52.4 Å². The Hall–Kier alpha value is -3.92. The van der Waals surface area contributed by atoms with E-state index in [9.17, 15) is 14.0 Å². The van der Waals surface area contributed by atoms with Crippen LogP contribution < -0.4 is 5.73 Å². The number of fused-ring (bicyclic) bond motifs is 5. The highest BCUT2D eigenvalue weighted by atomic mass is 35.5. The number of amides is 1. The lowest BCUT2D eigenvalue weighted by Gasteiger charge is -2.44. The SMILES string of the molecule is Nc1ccc(-c2cnc(C3CN4C(=O)CC5(CCCC5)[C@H]4C4=C3C3=CC(=O)C=C(F)C3=C(Cl)C=NC4)[nH]2)c(F)n1. The summed E-state index contributed by atoms with van der Waals surface area (Å²) in [4.78, 5) is 44.1. The molecule has 2 aromatic heterocycles. The Labute approximate surface area is 233 Å². The minimum atomic E-state index is -0.748. The van der Waals surface area contributed by atoms with Gasteiger partial charge in [-0.15, -0.1) is 0 Å². The van der Waals surface area contributed by atoms with E-state index in [1.54, 1.807) is 0 Å². The summed E-state index contributed by atoms with van der Waals surface area (Å²) in [5, 5.41) is 0.0912. The van der Waals surface area contributed by atoms with Gasteiger partial charge < -0.3 is 15.6 Å². The number of hydrogen-bond acceptors (Lipinski definition) is 6. The molecule has 1 saturated heterocycles. The third-order valence-corrected chi connectivity index (χ3v) is 9.15. The number of pyridine rings is 1. The molecule has 0 radical (unpaired) electrons. The first-order chi connectivity index (χ1) is 19.3. The fourth-order valence-electron chi connectivity index (χ4n) is 7.31. The second-order valence-corrected chi connectivity index (χ2v) is 11.5. The van der Waals surface area contributed by atoms with Gasteiger partial charge in [0.05, 0.1) is 41.0 Å². The van der Waals surface area contributed by atoms with Crippen LogP contribution in [0.5, 0.6) is 0 Å². The molecule has 1 unspecified atom stereocenters. The lowest BCUT2D eigenvalue weighted by atomic mass is 9.69. The number of aliphatic imine (C=N–C) groups is 1. The molecule has 2 fully saturated rings. The fraction of sp³-hybridized carbons (Fsp3) is 0.345. The molecular weight excluding hydrogens is 538 g/mol. The van der Waals surface area contributed by atoms with E-state index in [0.29, 0.717) is 29.1 Å². The Balaban J connectivity index is 1.44. The number of imidazole rings is 1. The van der Waals surface area contributed by atoms with Gasteiger partial charge in [-0.25, -0.2) is 14.4 Å². The minimum Gasteiger partial charge on any atom is -0.384 e. The first-order valence-electron chi connectivity index (χ1n) is 13.3. The lowest BCUT2D eigenvalue weighted by Crippen LogP contribution is -2.48. The van der Waals surface area contributed by atoms with E-state index in [2.05, 4.69) is 19.9 Å². The van der Waals surface area contributed by atoms with E-state index in [1.807, 2.05) is 4.90 Å². The molecule has 0 bridgehead atoms. The average molecular weight is 563 g/mol. The molecule has 0 aromatic carbocycles. The number of carbonyl (C=O) groups is 2. The predicted octanol–water partition coefficient (Wildman–Crippen LogP) is 4.69. The summed E-state index contributed by atoms with van der Waals surface area (Å²) in [5.74, 6) is -1.98.